The molecule has 0 spiro atoms. The minimum Gasteiger partial charge on any atom is -0.428 e. The van der Waals surface area contributed by atoms with Crippen molar-refractivity contribution < 1.29 is 26.8 Å². The highest BCUT2D eigenvalue weighted by Crippen LogP contribution is 2.52. The van der Waals surface area contributed by atoms with Crippen LogP contribution in [0.3, 0.4) is 0 Å². The lowest BCUT2D eigenvalue weighted by atomic mass is 9.95. The molecule has 1 aliphatic rings. The number of hydrogen-bond acceptors (Lipinski definition) is 4. The molecular formula is C13H10F4N2O2. The molecule has 3 rings (SSSR count). The van der Waals surface area contributed by atoms with E-state index >= 15 is 0 Å². The van der Waals surface area contributed by atoms with Gasteiger partial charge in [0.05, 0.1) is 5.41 Å². The Hall–Kier alpha value is -2.12. The van der Waals surface area contributed by atoms with Crippen molar-refractivity contribution in [2.45, 2.75) is 30.8 Å². The average molecular weight is 302 g/mol. The average Bonchev–Trinajstić information content (AvgIpc) is 3.06. The third-order valence-electron chi connectivity index (χ3n) is 3.45. The number of rotatable bonds is 5. The Morgan fingerprint density at radius 3 is 2.33 bits per heavy atom. The summed E-state index contributed by atoms with van der Waals surface area (Å²) in [6.45, 7) is 0. The molecule has 2 aromatic rings. The molecule has 21 heavy (non-hydrogen) atoms. The molecule has 8 heteroatoms. The van der Waals surface area contributed by atoms with E-state index in [2.05, 4.69) is 14.9 Å². The van der Waals surface area contributed by atoms with Crippen molar-refractivity contribution in [2.24, 2.45) is 0 Å². The molecule has 0 radical (unpaired) electrons. The van der Waals surface area contributed by atoms with E-state index in [-0.39, 0.29) is 11.2 Å². The Bertz CT molecular complexity index is 610. The predicted octanol–water partition coefficient (Wildman–Crippen LogP) is 3.39. The van der Waals surface area contributed by atoms with Gasteiger partial charge in [0.25, 0.3) is 0 Å². The fraction of sp³-hybridized carbons (Fsp3) is 0.385. The molecule has 1 aromatic carbocycles. The zero-order valence-corrected chi connectivity index (χ0v) is 10.6. The lowest BCUT2D eigenvalue weighted by Gasteiger charge is -2.17. The van der Waals surface area contributed by atoms with Gasteiger partial charge in [0.15, 0.2) is 5.82 Å². The van der Waals surface area contributed by atoms with Crippen LogP contribution in [0.2, 0.25) is 0 Å². The van der Waals surface area contributed by atoms with Crippen molar-refractivity contribution in [2.75, 3.05) is 0 Å². The van der Waals surface area contributed by atoms with Crippen LogP contribution in [0.15, 0.2) is 35.2 Å². The largest absolute Gasteiger partial charge is 0.461 e. The van der Waals surface area contributed by atoms with Gasteiger partial charge in [-0.2, -0.15) is 22.5 Å². The molecule has 1 aliphatic carbocycles. The summed E-state index contributed by atoms with van der Waals surface area (Å²) >= 11 is 0. The lowest BCUT2D eigenvalue weighted by Crippen LogP contribution is -2.33. The minimum absolute atomic E-state index is 0.326. The highest BCUT2D eigenvalue weighted by Gasteiger charge is 2.49. The van der Waals surface area contributed by atoms with Gasteiger partial charge in [0.2, 0.25) is 6.39 Å². The Morgan fingerprint density at radius 1 is 1.19 bits per heavy atom. The van der Waals surface area contributed by atoms with Gasteiger partial charge >= 0.3 is 12.5 Å². The Kier molecular flexibility index (Phi) is 3.11. The maximum absolute atomic E-state index is 12.8. The van der Waals surface area contributed by atoms with Crippen LogP contribution in [0.25, 0.3) is 0 Å². The SMILES string of the molecule is FC(F)C(F)(F)Oc1ccc(C2(c3ncon3)CC2)cc1. The Labute approximate surface area is 116 Å². The highest BCUT2D eigenvalue weighted by molar-refractivity contribution is 5.41. The van der Waals surface area contributed by atoms with Crippen LogP contribution in [0.4, 0.5) is 17.6 Å². The molecule has 1 aromatic heterocycles. The van der Waals surface area contributed by atoms with E-state index in [1.807, 2.05) is 0 Å². The van der Waals surface area contributed by atoms with E-state index in [0.29, 0.717) is 5.82 Å². The summed E-state index contributed by atoms with van der Waals surface area (Å²) in [7, 11) is 0. The van der Waals surface area contributed by atoms with Crippen LogP contribution in [0, 0.1) is 0 Å². The number of hydrogen-bond donors (Lipinski definition) is 0. The summed E-state index contributed by atoms with van der Waals surface area (Å²) in [6, 6.07) is 5.54. The summed E-state index contributed by atoms with van der Waals surface area (Å²) < 4.78 is 58.4. The van der Waals surface area contributed by atoms with E-state index in [0.717, 1.165) is 18.4 Å². The van der Waals surface area contributed by atoms with Crippen LogP contribution in [0.1, 0.15) is 24.2 Å². The molecule has 0 aliphatic heterocycles. The molecule has 4 nitrogen and oxygen atoms in total. The van der Waals surface area contributed by atoms with Crippen LogP contribution >= 0.6 is 0 Å². The first-order valence-corrected chi connectivity index (χ1v) is 6.16. The summed E-state index contributed by atoms with van der Waals surface area (Å²) in [4.78, 5) is 4.00. The van der Waals surface area contributed by atoms with Crippen LogP contribution in [0.5, 0.6) is 5.75 Å². The summed E-state index contributed by atoms with van der Waals surface area (Å²) in [5.74, 6) is 0.196. The van der Waals surface area contributed by atoms with Gasteiger partial charge in [-0.05, 0) is 30.5 Å². The number of benzene rings is 1. The quantitative estimate of drug-likeness (QED) is 0.794. The normalized spacial score (nSPS) is 17.0. The van der Waals surface area contributed by atoms with Crippen molar-refractivity contribution in [3.8, 4) is 5.75 Å². The van der Waals surface area contributed by atoms with Gasteiger partial charge in [-0.3, -0.25) is 0 Å². The zero-order chi connectivity index (χ0) is 15.1. The molecule has 0 atom stereocenters. The van der Waals surface area contributed by atoms with Gasteiger partial charge in [-0.25, -0.2) is 0 Å². The first-order chi connectivity index (χ1) is 9.94. The summed E-state index contributed by atoms with van der Waals surface area (Å²) in [5.41, 5.74) is 0.424. The third-order valence-corrected chi connectivity index (χ3v) is 3.45. The maximum Gasteiger partial charge on any atom is 0.461 e. The number of ether oxygens (including phenoxy) is 1. The van der Waals surface area contributed by atoms with E-state index in [9.17, 15) is 17.6 Å². The predicted molar refractivity (Wildman–Crippen MR) is 62.3 cm³/mol. The van der Waals surface area contributed by atoms with E-state index in [4.69, 9.17) is 4.52 Å². The van der Waals surface area contributed by atoms with Crippen LogP contribution < -0.4 is 4.74 Å². The second kappa shape index (κ2) is 4.71. The first-order valence-electron chi connectivity index (χ1n) is 6.16. The van der Waals surface area contributed by atoms with Crippen molar-refractivity contribution in [3.05, 3.63) is 42.0 Å². The number of aromatic nitrogens is 2. The first kappa shape index (κ1) is 13.8. The number of alkyl halides is 4. The zero-order valence-electron chi connectivity index (χ0n) is 10.6. The van der Waals surface area contributed by atoms with E-state index in [1.54, 1.807) is 12.1 Å². The molecule has 0 unspecified atom stereocenters. The fourth-order valence-electron chi connectivity index (χ4n) is 2.19. The molecule has 0 bridgehead atoms. The van der Waals surface area contributed by atoms with Gasteiger partial charge in [0, 0.05) is 0 Å². The Morgan fingerprint density at radius 2 is 1.86 bits per heavy atom. The molecule has 1 heterocycles. The molecule has 0 amide bonds. The second-order valence-corrected chi connectivity index (χ2v) is 4.83. The van der Waals surface area contributed by atoms with Gasteiger partial charge in [-0.1, -0.05) is 17.3 Å². The summed E-state index contributed by atoms with van der Waals surface area (Å²) in [6.07, 6.45) is -5.56. The minimum atomic E-state index is -4.51. The maximum atomic E-state index is 12.8. The number of halogens is 4. The fourth-order valence-corrected chi connectivity index (χ4v) is 2.19. The van der Waals surface area contributed by atoms with Gasteiger partial charge < -0.3 is 9.26 Å². The Balaban J connectivity index is 1.79. The van der Waals surface area contributed by atoms with Crippen molar-refractivity contribution in [3.63, 3.8) is 0 Å². The molecular weight excluding hydrogens is 292 g/mol. The van der Waals surface area contributed by atoms with Crippen molar-refractivity contribution >= 4 is 0 Å². The summed E-state index contributed by atoms with van der Waals surface area (Å²) in [5, 5.41) is 3.80. The van der Waals surface area contributed by atoms with Gasteiger partial charge in [0.1, 0.15) is 5.75 Å². The smallest absolute Gasteiger partial charge is 0.428 e. The standard InChI is InChI=1S/C13H10F4N2O2/c14-10(15)13(16,17)21-9-3-1-8(2-4-9)12(5-6-12)11-18-7-20-19-11/h1-4,7,10H,5-6H2. The topological polar surface area (TPSA) is 48.2 Å². The molecule has 112 valence electrons. The lowest BCUT2D eigenvalue weighted by molar-refractivity contribution is -0.253. The molecule has 0 N–H and O–H groups in total. The van der Waals surface area contributed by atoms with Gasteiger partial charge in [-0.15, -0.1) is 0 Å². The highest BCUT2D eigenvalue weighted by atomic mass is 19.3. The van der Waals surface area contributed by atoms with Crippen molar-refractivity contribution in [1.82, 2.24) is 10.1 Å². The monoisotopic (exact) mass is 302 g/mol. The van der Waals surface area contributed by atoms with Crippen LogP contribution in [-0.2, 0) is 5.41 Å². The third kappa shape index (κ3) is 2.45. The molecule has 0 saturated heterocycles. The molecule has 1 saturated carbocycles. The molecule has 1 fully saturated rings. The van der Waals surface area contributed by atoms with E-state index < -0.39 is 12.5 Å². The second-order valence-electron chi connectivity index (χ2n) is 4.83. The van der Waals surface area contributed by atoms with Crippen molar-refractivity contribution in [1.29, 1.82) is 0 Å². The van der Waals surface area contributed by atoms with E-state index in [1.165, 1.54) is 18.5 Å². The van der Waals surface area contributed by atoms with Crippen LogP contribution in [-0.4, -0.2) is 22.7 Å². The number of nitrogens with zero attached hydrogens (tertiary/aromatic N) is 2.